The first-order valence-electron chi connectivity index (χ1n) is 7.45. The van der Waals surface area contributed by atoms with Crippen LogP contribution in [0.3, 0.4) is 0 Å². The maximum absolute atomic E-state index is 6.04. The van der Waals surface area contributed by atoms with Crippen molar-refractivity contribution >= 4 is 5.82 Å². The second kappa shape index (κ2) is 5.35. The second-order valence-electron chi connectivity index (χ2n) is 5.94. The summed E-state index contributed by atoms with van der Waals surface area (Å²) in [7, 11) is 0. The lowest BCUT2D eigenvalue weighted by Crippen LogP contribution is -2.06. The highest BCUT2D eigenvalue weighted by atomic mass is 16.5. The van der Waals surface area contributed by atoms with Gasteiger partial charge in [-0.25, -0.2) is 9.97 Å². The third-order valence-corrected chi connectivity index (χ3v) is 3.65. The minimum absolute atomic E-state index is 0.248. The Kier molecular flexibility index (Phi) is 3.53. The van der Waals surface area contributed by atoms with Crippen molar-refractivity contribution in [2.45, 2.75) is 45.6 Å². The van der Waals surface area contributed by atoms with Crippen molar-refractivity contribution < 1.29 is 4.74 Å². The first kappa shape index (κ1) is 13.9. The summed E-state index contributed by atoms with van der Waals surface area (Å²) in [6.07, 6.45) is 2.70. The Bertz CT molecular complexity index is 663. The molecule has 0 aliphatic heterocycles. The second-order valence-corrected chi connectivity index (χ2v) is 5.94. The number of nitrogens with two attached hydrogens (primary N) is 1. The molecule has 110 valence electrons. The predicted molar refractivity (Wildman–Crippen MR) is 84.4 cm³/mol. The molecule has 0 spiro atoms. The molecule has 0 atom stereocenters. The van der Waals surface area contributed by atoms with Crippen LogP contribution in [0.2, 0.25) is 0 Å². The molecule has 0 bridgehead atoms. The molecule has 21 heavy (non-hydrogen) atoms. The maximum atomic E-state index is 6.04. The molecule has 4 heteroatoms. The van der Waals surface area contributed by atoms with Crippen molar-refractivity contribution in [3.8, 4) is 17.0 Å². The van der Waals surface area contributed by atoms with Crippen LogP contribution in [0, 0.1) is 6.92 Å². The normalized spacial score (nSPS) is 14.5. The zero-order valence-electron chi connectivity index (χ0n) is 12.8. The summed E-state index contributed by atoms with van der Waals surface area (Å²) in [5, 5.41) is 0. The van der Waals surface area contributed by atoms with Gasteiger partial charge < -0.3 is 10.5 Å². The van der Waals surface area contributed by atoms with Crippen molar-refractivity contribution in [2.24, 2.45) is 0 Å². The minimum Gasteiger partial charge on any atom is -0.490 e. The van der Waals surface area contributed by atoms with Gasteiger partial charge in [0.2, 0.25) is 0 Å². The van der Waals surface area contributed by atoms with Gasteiger partial charge in [0.15, 0.2) is 0 Å². The molecule has 1 aromatic carbocycles. The van der Waals surface area contributed by atoms with Crippen molar-refractivity contribution in [3.63, 3.8) is 0 Å². The molecule has 1 saturated carbocycles. The first-order valence-corrected chi connectivity index (χ1v) is 7.45. The van der Waals surface area contributed by atoms with E-state index in [1.165, 1.54) is 0 Å². The lowest BCUT2D eigenvalue weighted by Gasteiger charge is -2.13. The van der Waals surface area contributed by atoms with Crippen LogP contribution >= 0.6 is 0 Å². The van der Waals surface area contributed by atoms with Gasteiger partial charge in [-0.3, -0.25) is 0 Å². The number of anilines is 1. The van der Waals surface area contributed by atoms with Crippen LogP contribution in [0.25, 0.3) is 11.3 Å². The molecule has 1 heterocycles. The summed E-state index contributed by atoms with van der Waals surface area (Å²) in [5.74, 6) is 2.48. The molecule has 0 saturated heterocycles. The summed E-state index contributed by atoms with van der Waals surface area (Å²) in [4.78, 5) is 9.07. The van der Waals surface area contributed by atoms with Gasteiger partial charge in [0, 0.05) is 17.0 Å². The Balaban J connectivity index is 2.02. The van der Waals surface area contributed by atoms with Gasteiger partial charge in [0.05, 0.1) is 11.8 Å². The summed E-state index contributed by atoms with van der Waals surface area (Å²) in [6, 6.07) is 8.07. The van der Waals surface area contributed by atoms with E-state index in [4.69, 9.17) is 15.5 Å². The fourth-order valence-electron chi connectivity index (χ4n) is 2.19. The Hall–Kier alpha value is -2.10. The van der Waals surface area contributed by atoms with Gasteiger partial charge in [-0.05, 0) is 31.9 Å². The zero-order valence-corrected chi connectivity index (χ0v) is 12.8. The molecule has 1 aliphatic carbocycles. The largest absolute Gasteiger partial charge is 0.490 e. The van der Waals surface area contributed by atoms with E-state index in [2.05, 4.69) is 18.8 Å². The number of rotatable bonds is 4. The molecule has 4 nitrogen and oxygen atoms in total. The number of nitrogens with zero attached hydrogens (tertiary/aromatic N) is 2. The Labute approximate surface area is 125 Å². The van der Waals surface area contributed by atoms with Crippen LogP contribution in [0.1, 0.15) is 44.0 Å². The van der Waals surface area contributed by atoms with Gasteiger partial charge >= 0.3 is 0 Å². The molecule has 2 N–H and O–H groups in total. The van der Waals surface area contributed by atoms with Crippen LogP contribution in [0.15, 0.2) is 24.3 Å². The van der Waals surface area contributed by atoms with Gasteiger partial charge in [0.25, 0.3) is 0 Å². The number of benzene rings is 1. The molecule has 0 radical (unpaired) electrons. The van der Waals surface area contributed by atoms with Crippen LogP contribution < -0.4 is 10.5 Å². The minimum atomic E-state index is 0.248. The van der Waals surface area contributed by atoms with Gasteiger partial charge in [-0.15, -0.1) is 0 Å². The van der Waals surface area contributed by atoms with Crippen LogP contribution in [0.5, 0.6) is 5.75 Å². The fourth-order valence-corrected chi connectivity index (χ4v) is 2.19. The molecular formula is C17H21N3O. The summed E-state index contributed by atoms with van der Waals surface area (Å²) < 4.78 is 5.86. The van der Waals surface area contributed by atoms with Crippen LogP contribution in [-0.4, -0.2) is 16.1 Å². The van der Waals surface area contributed by atoms with E-state index < -0.39 is 0 Å². The lowest BCUT2D eigenvalue weighted by molar-refractivity contribution is 0.303. The lowest BCUT2D eigenvalue weighted by atomic mass is 10.1. The number of hydrogen-bond donors (Lipinski definition) is 1. The monoisotopic (exact) mass is 283 g/mol. The van der Waals surface area contributed by atoms with Crippen molar-refractivity contribution in [1.82, 2.24) is 9.97 Å². The summed E-state index contributed by atoms with van der Waals surface area (Å²) >= 11 is 0. The number of hydrogen-bond acceptors (Lipinski definition) is 4. The molecule has 0 unspecified atom stereocenters. The van der Waals surface area contributed by atoms with Gasteiger partial charge in [0.1, 0.15) is 17.4 Å². The SMILES string of the molecule is Cc1c(N)nc(C(C)C)nc1-c1cccc(OC2CC2)c1. The average Bonchev–Trinajstić information content (AvgIpc) is 3.25. The summed E-state index contributed by atoms with van der Waals surface area (Å²) in [5.41, 5.74) is 8.89. The number of aromatic nitrogens is 2. The Morgan fingerprint density at radius 1 is 1.24 bits per heavy atom. The van der Waals surface area contributed by atoms with Gasteiger partial charge in [-0.2, -0.15) is 0 Å². The highest BCUT2D eigenvalue weighted by Crippen LogP contribution is 2.31. The molecular weight excluding hydrogens is 262 g/mol. The van der Waals surface area contributed by atoms with Crippen molar-refractivity contribution in [1.29, 1.82) is 0 Å². The quantitative estimate of drug-likeness (QED) is 0.929. The highest BCUT2D eigenvalue weighted by molar-refractivity contribution is 5.68. The van der Waals surface area contributed by atoms with Crippen LogP contribution in [0.4, 0.5) is 5.82 Å². The van der Waals surface area contributed by atoms with Crippen molar-refractivity contribution in [2.75, 3.05) is 5.73 Å². The average molecular weight is 283 g/mol. The third-order valence-electron chi connectivity index (χ3n) is 3.65. The van der Waals surface area contributed by atoms with E-state index >= 15 is 0 Å². The van der Waals surface area contributed by atoms with E-state index in [-0.39, 0.29) is 5.92 Å². The van der Waals surface area contributed by atoms with E-state index in [1.54, 1.807) is 0 Å². The summed E-state index contributed by atoms with van der Waals surface area (Å²) in [6.45, 7) is 6.10. The predicted octanol–water partition coefficient (Wildman–Crippen LogP) is 3.70. The number of ether oxygens (including phenoxy) is 1. The number of nitrogen functional groups attached to an aromatic ring is 1. The molecule has 2 aromatic rings. The highest BCUT2D eigenvalue weighted by Gasteiger charge is 2.23. The molecule has 1 fully saturated rings. The van der Waals surface area contributed by atoms with E-state index in [0.29, 0.717) is 11.9 Å². The Morgan fingerprint density at radius 2 is 2.00 bits per heavy atom. The smallest absolute Gasteiger partial charge is 0.133 e. The van der Waals surface area contributed by atoms with Gasteiger partial charge in [-0.1, -0.05) is 26.0 Å². The molecule has 3 rings (SSSR count). The topological polar surface area (TPSA) is 61.0 Å². The van der Waals surface area contributed by atoms with E-state index in [9.17, 15) is 0 Å². The van der Waals surface area contributed by atoms with Crippen molar-refractivity contribution in [3.05, 3.63) is 35.7 Å². The molecule has 0 amide bonds. The fraction of sp³-hybridized carbons (Fsp3) is 0.412. The standard InChI is InChI=1S/C17H21N3O/c1-10(2)17-19-15(11(3)16(18)20-17)12-5-4-6-14(9-12)21-13-7-8-13/h4-6,9-10,13H,7-8H2,1-3H3,(H2,18,19,20). The van der Waals surface area contributed by atoms with E-state index in [0.717, 1.165) is 41.2 Å². The van der Waals surface area contributed by atoms with E-state index in [1.807, 2.05) is 31.2 Å². The molecule has 1 aliphatic rings. The molecule has 1 aromatic heterocycles. The Morgan fingerprint density at radius 3 is 2.67 bits per heavy atom. The maximum Gasteiger partial charge on any atom is 0.133 e. The van der Waals surface area contributed by atoms with Crippen LogP contribution in [-0.2, 0) is 0 Å². The third kappa shape index (κ3) is 2.99. The zero-order chi connectivity index (χ0) is 15.0. The first-order chi connectivity index (χ1) is 10.0.